The molecule has 0 radical (unpaired) electrons. The van der Waals surface area contributed by atoms with Gasteiger partial charge in [-0.3, -0.25) is 9.69 Å². The van der Waals surface area contributed by atoms with Crippen LogP contribution in [-0.2, 0) is 4.79 Å². The summed E-state index contributed by atoms with van der Waals surface area (Å²) >= 11 is 0. The normalized spacial score (nSPS) is 20.3. The molecule has 0 aromatic rings. The Labute approximate surface area is 118 Å². The molecule has 1 fully saturated rings. The first kappa shape index (κ1) is 16.4. The van der Waals surface area contributed by atoms with Crippen molar-refractivity contribution in [2.75, 3.05) is 26.2 Å². The van der Waals surface area contributed by atoms with Crippen LogP contribution in [0, 0.1) is 5.92 Å². The number of piperidine rings is 1. The number of carbonyl (C=O) groups excluding carboxylic acids is 1. The van der Waals surface area contributed by atoms with Gasteiger partial charge >= 0.3 is 0 Å². The predicted molar refractivity (Wildman–Crippen MR) is 80.2 cm³/mol. The Kier molecular flexibility index (Phi) is 7.39. The molecule has 2 N–H and O–H groups in total. The molecular formula is C15H31N3O. The maximum atomic E-state index is 12.2. The molecule has 0 saturated carbocycles. The summed E-state index contributed by atoms with van der Waals surface area (Å²) in [6.07, 6.45) is 3.45. The number of hydrogen-bond donors (Lipinski definition) is 2. The summed E-state index contributed by atoms with van der Waals surface area (Å²) in [7, 11) is 0. The molecule has 112 valence electrons. The molecule has 1 amide bonds. The number of carbonyl (C=O) groups is 1. The van der Waals surface area contributed by atoms with E-state index in [1.807, 2.05) is 6.92 Å². The molecule has 0 bridgehead atoms. The van der Waals surface area contributed by atoms with Crippen LogP contribution in [0.25, 0.3) is 0 Å². The third kappa shape index (κ3) is 5.49. The molecule has 2 atom stereocenters. The predicted octanol–water partition coefficient (Wildman–Crippen LogP) is 1.61. The molecule has 0 aromatic heterocycles. The highest BCUT2D eigenvalue weighted by molar-refractivity contribution is 5.81. The molecule has 0 aliphatic carbocycles. The van der Waals surface area contributed by atoms with Crippen LogP contribution in [0.5, 0.6) is 0 Å². The second kappa shape index (κ2) is 8.54. The minimum absolute atomic E-state index is 0.0196. The van der Waals surface area contributed by atoms with E-state index in [0.717, 1.165) is 38.5 Å². The van der Waals surface area contributed by atoms with Gasteiger partial charge in [-0.2, -0.15) is 0 Å². The first-order chi connectivity index (χ1) is 9.08. The van der Waals surface area contributed by atoms with Crippen LogP contribution in [0.3, 0.4) is 0 Å². The number of rotatable bonds is 7. The smallest absolute Gasteiger partial charge is 0.237 e. The van der Waals surface area contributed by atoms with E-state index in [9.17, 15) is 4.79 Å². The lowest BCUT2D eigenvalue weighted by Crippen LogP contribution is -2.49. The Balaban J connectivity index is 2.45. The van der Waals surface area contributed by atoms with E-state index >= 15 is 0 Å². The average molecular weight is 269 g/mol. The van der Waals surface area contributed by atoms with Crippen molar-refractivity contribution in [1.82, 2.24) is 15.5 Å². The summed E-state index contributed by atoms with van der Waals surface area (Å²) in [6.45, 7) is 12.6. The van der Waals surface area contributed by atoms with Crippen LogP contribution in [0.2, 0.25) is 0 Å². The second-order valence-electron chi connectivity index (χ2n) is 5.77. The summed E-state index contributed by atoms with van der Waals surface area (Å²) in [4.78, 5) is 14.5. The van der Waals surface area contributed by atoms with Crippen LogP contribution in [0.1, 0.15) is 47.0 Å². The molecule has 1 aliphatic heterocycles. The SMILES string of the molecule is CCC(C)NC(=O)C(C)N(CC)CC1CCNCC1. The van der Waals surface area contributed by atoms with Crippen LogP contribution in [-0.4, -0.2) is 49.1 Å². The summed E-state index contributed by atoms with van der Waals surface area (Å²) in [5.41, 5.74) is 0. The summed E-state index contributed by atoms with van der Waals surface area (Å²) in [6, 6.07) is 0.251. The number of hydrogen-bond acceptors (Lipinski definition) is 3. The van der Waals surface area contributed by atoms with E-state index in [-0.39, 0.29) is 18.0 Å². The van der Waals surface area contributed by atoms with Crippen LogP contribution in [0.15, 0.2) is 0 Å². The largest absolute Gasteiger partial charge is 0.352 e. The van der Waals surface area contributed by atoms with E-state index in [0.29, 0.717) is 0 Å². The Hall–Kier alpha value is -0.610. The number of likely N-dealkylation sites (N-methyl/N-ethyl adjacent to an activating group) is 1. The van der Waals surface area contributed by atoms with Gasteiger partial charge < -0.3 is 10.6 Å². The van der Waals surface area contributed by atoms with Gasteiger partial charge in [-0.1, -0.05) is 13.8 Å². The first-order valence-corrected chi connectivity index (χ1v) is 7.83. The summed E-state index contributed by atoms with van der Waals surface area (Å²) in [5, 5.41) is 6.48. The van der Waals surface area contributed by atoms with Gasteiger partial charge in [0.05, 0.1) is 6.04 Å². The first-order valence-electron chi connectivity index (χ1n) is 7.83. The van der Waals surface area contributed by atoms with Crippen molar-refractivity contribution in [3.63, 3.8) is 0 Å². The van der Waals surface area contributed by atoms with E-state index in [4.69, 9.17) is 0 Å². The van der Waals surface area contributed by atoms with E-state index < -0.39 is 0 Å². The summed E-state index contributed by atoms with van der Waals surface area (Å²) < 4.78 is 0. The molecule has 1 heterocycles. The fraction of sp³-hybridized carbons (Fsp3) is 0.933. The molecule has 4 nitrogen and oxygen atoms in total. The number of nitrogens with zero attached hydrogens (tertiary/aromatic N) is 1. The zero-order chi connectivity index (χ0) is 14.3. The van der Waals surface area contributed by atoms with Gasteiger partial charge in [0.2, 0.25) is 5.91 Å². The van der Waals surface area contributed by atoms with Crippen LogP contribution in [0.4, 0.5) is 0 Å². The monoisotopic (exact) mass is 269 g/mol. The molecule has 1 saturated heterocycles. The third-order valence-corrected chi connectivity index (χ3v) is 4.29. The van der Waals surface area contributed by atoms with E-state index in [1.165, 1.54) is 12.8 Å². The Morgan fingerprint density at radius 1 is 1.32 bits per heavy atom. The Bertz CT molecular complexity index is 264. The van der Waals surface area contributed by atoms with E-state index in [2.05, 4.69) is 36.3 Å². The van der Waals surface area contributed by atoms with Gasteiger partial charge in [-0.25, -0.2) is 0 Å². The topological polar surface area (TPSA) is 44.4 Å². The minimum Gasteiger partial charge on any atom is -0.352 e. The van der Waals surface area contributed by atoms with Crippen LogP contribution >= 0.6 is 0 Å². The Morgan fingerprint density at radius 2 is 1.95 bits per heavy atom. The standard InChI is InChI=1S/C15H31N3O/c1-5-12(3)17-15(19)13(4)18(6-2)11-14-7-9-16-10-8-14/h12-14,16H,5-11H2,1-4H3,(H,17,19). The van der Waals surface area contributed by atoms with Crippen molar-refractivity contribution in [3.8, 4) is 0 Å². The molecule has 19 heavy (non-hydrogen) atoms. The minimum atomic E-state index is -0.0196. The fourth-order valence-electron chi connectivity index (χ4n) is 2.59. The second-order valence-corrected chi connectivity index (χ2v) is 5.77. The van der Waals surface area contributed by atoms with Crippen molar-refractivity contribution < 1.29 is 4.79 Å². The zero-order valence-electron chi connectivity index (χ0n) is 13.0. The third-order valence-electron chi connectivity index (χ3n) is 4.29. The van der Waals surface area contributed by atoms with Crippen molar-refractivity contribution in [2.24, 2.45) is 5.92 Å². The molecular weight excluding hydrogens is 238 g/mol. The van der Waals surface area contributed by atoms with Crippen molar-refractivity contribution in [2.45, 2.75) is 59.0 Å². The zero-order valence-corrected chi connectivity index (χ0v) is 13.0. The van der Waals surface area contributed by atoms with Gasteiger partial charge in [0.15, 0.2) is 0 Å². The molecule has 0 spiro atoms. The van der Waals surface area contributed by atoms with E-state index in [1.54, 1.807) is 0 Å². The molecule has 1 rings (SSSR count). The highest BCUT2D eigenvalue weighted by Crippen LogP contribution is 2.15. The van der Waals surface area contributed by atoms with Gasteiger partial charge in [0.25, 0.3) is 0 Å². The van der Waals surface area contributed by atoms with Gasteiger partial charge in [0.1, 0.15) is 0 Å². The lowest BCUT2D eigenvalue weighted by Gasteiger charge is -2.33. The molecule has 0 aromatic carbocycles. The van der Waals surface area contributed by atoms with Crippen molar-refractivity contribution >= 4 is 5.91 Å². The fourth-order valence-corrected chi connectivity index (χ4v) is 2.59. The maximum absolute atomic E-state index is 12.2. The number of nitrogens with one attached hydrogen (secondary N) is 2. The molecule has 4 heteroatoms. The van der Waals surface area contributed by atoms with Gasteiger partial charge in [0, 0.05) is 12.6 Å². The van der Waals surface area contributed by atoms with Crippen molar-refractivity contribution in [3.05, 3.63) is 0 Å². The van der Waals surface area contributed by atoms with Crippen LogP contribution < -0.4 is 10.6 Å². The average Bonchev–Trinajstić information content (AvgIpc) is 2.44. The number of amides is 1. The highest BCUT2D eigenvalue weighted by atomic mass is 16.2. The Morgan fingerprint density at radius 3 is 2.47 bits per heavy atom. The highest BCUT2D eigenvalue weighted by Gasteiger charge is 2.24. The van der Waals surface area contributed by atoms with Crippen molar-refractivity contribution in [1.29, 1.82) is 0 Å². The molecule has 1 aliphatic rings. The molecule has 2 unspecified atom stereocenters. The maximum Gasteiger partial charge on any atom is 0.237 e. The lowest BCUT2D eigenvalue weighted by molar-refractivity contribution is -0.126. The van der Waals surface area contributed by atoms with Gasteiger partial charge in [-0.05, 0) is 58.7 Å². The quantitative estimate of drug-likeness (QED) is 0.738. The lowest BCUT2D eigenvalue weighted by atomic mass is 9.97. The van der Waals surface area contributed by atoms with Gasteiger partial charge in [-0.15, -0.1) is 0 Å². The summed E-state index contributed by atoms with van der Waals surface area (Å²) in [5.74, 6) is 0.908.